The second-order valence-corrected chi connectivity index (χ2v) is 6.01. The molecule has 1 aromatic rings. The van der Waals surface area contributed by atoms with E-state index in [4.69, 9.17) is 4.74 Å². The lowest BCUT2D eigenvalue weighted by molar-refractivity contribution is 0.197. The summed E-state index contributed by atoms with van der Waals surface area (Å²) in [5.41, 5.74) is 1.54. The molecule has 100 valence electrons. The fourth-order valence-corrected chi connectivity index (χ4v) is 2.79. The van der Waals surface area contributed by atoms with Crippen LogP contribution in [0.25, 0.3) is 0 Å². The van der Waals surface area contributed by atoms with Crippen LogP contribution in [0, 0.1) is 5.41 Å². The number of ether oxygens (including phenoxy) is 1. The maximum Gasteiger partial charge on any atom is 0.213 e. The normalized spacial score (nSPS) is 22.7. The van der Waals surface area contributed by atoms with Gasteiger partial charge in [0.15, 0.2) is 0 Å². The SMILES string of the molecule is COc1cccc(CNC2CCCC(C)(C)C2)n1. The molecule has 0 aliphatic heterocycles. The Morgan fingerprint density at radius 1 is 1.44 bits per heavy atom. The molecule has 1 saturated carbocycles. The molecule has 0 aromatic carbocycles. The summed E-state index contributed by atoms with van der Waals surface area (Å²) in [4.78, 5) is 4.43. The molecule has 0 spiro atoms. The van der Waals surface area contributed by atoms with Gasteiger partial charge in [0, 0.05) is 18.7 Å². The van der Waals surface area contributed by atoms with E-state index in [9.17, 15) is 0 Å². The lowest BCUT2D eigenvalue weighted by atomic mass is 9.75. The zero-order valence-electron chi connectivity index (χ0n) is 11.7. The van der Waals surface area contributed by atoms with E-state index >= 15 is 0 Å². The first kappa shape index (κ1) is 13.3. The zero-order valence-corrected chi connectivity index (χ0v) is 11.7. The molecule has 2 rings (SSSR count). The van der Waals surface area contributed by atoms with E-state index in [1.165, 1.54) is 25.7 Å². The highest BCUT2D eigenvalue weighted by Crippen LogP contribution is 2.35. The molecule has 3 nitrogen and oxygen atoms in total. The molecule has 18 heavy (non-hydrogen) atoms. The minimum atomic E-state index is 0.484. The number of hydrogen-bond acceptors (Lipinski definition) is 3. The zero-order chi connectivity index (χ0) is 13.0. The molecule has 1 aliphatic rings. The summed E-state index contributed by atoms with van der Waals surface area (Å²) in [6.45, 7) is 5.56. The van der Waals surface area contributed by atoms with Gasteiger partial charge in [0.25, 0.3) is 0 Å². The highest BCUT2D eigenvalue weighted by Gasteiger charge is 2.27. The van der Waals surface area contributed by atoms with Crippen LogP contribution in [0.2, 0.25) is 0 Å². The summed E-state index contributed by atoms with van der Waals surface area (Å²) < 4.78 is 5.14. The minimum Gasteiger partial charge on any atom is -0.481 e. The number of nitrogens with one attached hydrogen (secondary N) is 1. The van der Waals surface area contributed by atoms with Crippen LogP contribution in [0.1, 0.15) is 45.2 Å². The molecular formula is C15H24N2O. The Morgan fingerprint density at radius 3 is 3.00 bits per heavy atom. The van der Waals surface area contributed by atoms with Gasteiger partial charge in [-0.05, 0) is 30.7 Å². The molecule has 1 aliphatic carbocycles. The number of aromatic nitrogens is 1. The van der Waals surface area contributed by atoms with Crippen molar-refractivity contribution in [3.63, 3.8) is 0 Å². The first-order valence-electron chi connectivity index (χ1n) is 6.82. The van der Waals surface area contributed by atoms with Crippen molar-refractivity contribution in [3.8, 4) is 5.88 Å². The molecule has 0 radical (unpaired) electrons. The molecule has 1 atom stereocenters. The average Bonchev–Trinajstić information content (AvgIpc) is 2.35. The second-order valence-electron chi connectivity index (χ2n) is 6.01. The van der Waals surface area contributed by atoms with E-state index in [1.54, 1.807) is 7.11 Å². The Bertz CT molecular complexity index is 390. The van der Waals surface area contributed by atoms with Crippen molar-refractivity contribution in [3.05, 3.63) is 23.9 Å². The molecule has 1 unspecified atom stereocenters. The smallest absolute Gasteiger partial charge is 0.213 e. The first-order chi connectivity index (χ1) is 8.59. The van der Waals surface area contributed by atoms with Crippen molar-refractivity contribution >= 4 is 0 Å². The lowest BCUT2D eigenvalue weighted by Gasteiger charge is -2.35. The summed E-state index contributed by atoms with van der Waals surface area (Å²) in [5, 5.41) is 3.63. The number of methoxy groups -OCH3 is 1. The van der Waals surface area contributed by atoms with Gasteiger partial charge in [0.2, 0.25) is 5.88 Å². The molecule has 3 heteroatoms. The quantitative estimate of drug-likeness (QED) is 0.888. The molecule has 0 amide bonds. The van der Waals surface area contributed by atoms with Gasteiger partial charge in [-0.15, -0.1) is 0 Å². The van der Waals surface area contributed by atoms with Crippen LogP contribution in [-0.2, 0) is 6.54 Å². The van der Waals surface area contributed by atoms with Gasteiger partial charge in [0.1, 0.15) is 0 Å². The predicted molar refractivity (Wildman–Crippen MR) is 73.7 cm³/mol. The fourth-order valence-electron chi connectivity index (χ4n) is 2.79. The maximum absolute atomic E-state index is 5.14. The van der Waals surface area contributed by atoms with Crippen LogP contribution in [0.3, 0.4) is 0 Å². The van der Waals surface area contributed by atoms with Crippen LogP contribution < -0.4 is 10.1 Å². The highest BCUT2D eigenvalue weighted by atomic mass is 16.5. The summed E-state index contributed by atoms with van der Waals surface area (Å²) in [7, 11) is 1.66. The molecule has 0 saturated heterocycles. The molecule has 0 bridgehead atoms. The van der Waals surface area contributed by atoms with E-state index in [0.717, 1.165) is 12.2 Å². The standard InChI is InChI=1S/C15H24N2O/c1-15(2)9-5-7-12(10-15)16-11-13-6-4-8-14(17-13)18-3/h4,6,8,12,16H,5,7,9-11H2,1-3H3. The number of hydrogen-bond donors (Lipinski definition) is 1. The Labute approximate surface area is 110 Å². The van der Waals surface area contributed by atoms with Crippen molar-refractivity contribution in [2.75, 3.05) is 7.11 Å². The Hall–Kier alpha value is -1.09. The van der Waals surface area contributed by atoms with E-state index in [0.29, 0.717) is 17.3 Å². The predicted octanol–water partition coefficient (Wildman–Crippen LogP) is 3.15. The Balaban J connectivity index is 1.87. The summed E-state index contributed by atoms with van der Waals surface area (Å²) in [6, 6.07) is 6.55. The summed E-state index contributed by atoms with van der Waals surface area (Å²) in [5.74, 6) is 0.693. The van der Waals surface area contributed by atoms with E-state index in [1.807, 2.05) is 18.2 Å². The number of pyridine rings is 1. The van der Waals surface area contributed by atoms with Crippen molar-refractivity contribution < 1.29 is 4.74 Å². The molecule has 1 fully saturated rings. The van der Waals surface area contributed by atoms with Crippen LogP contribution in [0.4, 0.5) is 0 Å². The minimum absolute atomic E-state index is 0.484. The van der Waals surface area contributed by atoms with Crippen molar-refractivity contribution in [1.82, 2.24) is 10.3 Å². The molecular weight excluding hydrogens is 224 g/mol. The molecule has 1 heterocycles. The average molecular weight is 248 g/mol. The van der Waals surface area contributed by atoms with Gasteiger partial charge in [-0.2, -0.15) is 0 Å². The van der Waals surface area contributed by atoms with Gasteiger partial charge < -0.3 is 10.1 Å². The summed E-state index contributed by atoms with van der Waals surface area (Å²) >= 11 is 0. The second kappa shape index (κ2) is 5.70. The third kappa shape index (κ3) is 3.70. The fraction of sp³-hybridized carbons (Fsp3) is 0.667. The third-order valence-electron chi connectivity index (χ3n) is 3.77. The van der Waals surface area contributed by atoms with Crippen LogP contribution in [-0.4, -0.2) is 18.1 Å². The largest absolute Gasteiger partial charge is 0.481 e. The van der Waals surface area contributed by atoms with Crippen molar-refractivity contribution in [2.24, 2.45) is 5.41 Å². The maximum atomic E-state index is 5.14. The summed E-state index contributed by atoms with van der Waals surface area (Å²) in [6.07, 6.45) is 5.23. The van der Waals surface area contributed by atoms with Crippen LogP contribution >= 0.6 is 0 Å². The topological polar surface area (TPSA) is 34.1 Å². The van der Waals surface area contributed by atoms with Crippen LogP contribution in [0.5, 0.6) is 5.88 Å². The third-order valence-corrected chi connectivity index (χ3v) is 3.77. The monoisotopic (exact) mass is 248 g/mol. The van der Waals surface area contributed by atoms with Crippen molar-refractivity contribution in [1.29, 1.82) is 0 Å². The Kier molecular flexibility index (Phi) is 4.23. The van der Waals surface area contributed by atoms with Crippen LogP contribution in [0.15, 0.2) is 18.2 Å². The number of nitrogens with zero attached hydrogens (tertiary/aromatic N) is 1. The lowest BCUT2D eigenvalue weighted by Crippen LogP contribution is -2.37. The van der Waals surface area contributed by atoms with Gasteiger partial charge in [-0.1, -0.05) is 26.3 Å². The van der Waals surface area contributed by atoms with Gasteiger partial charge >= 0.3 is 0 Å². The highest BCUT2D eigenvalue weighted by molar-refractivity contribution is 5.15. The Morgan fingerprint density at radius 2 is 2.28 bits per heavy atom. The first-order valence-corrected chi connectivity index (χ1v) is 6.82. The van der Waals surface area contributed by atoms with Gasteiger partial charge in [-0.25, -0.2) is 4.98 Å². The van der Waals surface area contributed by atoms with E-state index in [-0.39, 0.29) is 0 Å². The molecule has 1 aromatic heterocycles. The van der Waals surface area contributed by atoms with Crippen molar-refractivity contribution in [2.45, 2.75) is 52.1 Å². The van der Waals surface area contributed by atoms with E-state index in [2.05, 4.69) is 24.1 Å². The van der Waals surface area contributed by atoms with Gasteiger partial charge in [0.05, 0.1) is 12.8 Å². The van der Waals surface area contributed by atoms with Gasteiger partial charge in [-0.3, -0.25) is 0 Å². The molecule has 1 N–H and O–H groups in total. The number of rotatable bonds is 4. The van der Waals surface area contributed by atoms with E-state index < -0.39 is 0 Å².